The van der Waals surface area contributed by atoms with Crippen LogP contribution in [0.5, 0.6) is 0 Å². The second kappa shape index (κ2) is 11.3. The summed E-state index contributed by atoms with van der Waals surface area (Å²) in [5, 5.41) is 6.60. The number of carbonyl (C=O) groups is 2. The van der Waals surface area contributed by atoms with E-state index in [2.05, 4.69) is 10.5 Å². The summed E-state index contributed by atoms with van der Waals surface area (Å²) in [5.74, 6) is -0.823. The van der Waals surface area contributed by atoms with Crippen molar-refractivity contribution >= 4 is 40.2 Å². The summed E-state index contributed by atoms with van der Waals surface area (Å²) < 4.78 is 29.0. The fourth-order valence-electron chi connectivity index (χ4n) is 4.42. The number of nitrogens with one attached hydrogen (secondary N) is 1. The molecule has 38 heavy (non-hydrogen) atoms. The third-order valence-corrected chi connectivity index (χ3v) is 6.95. The number of anilines is 2. The maximum absolute atomic E-state index is 13.8. The highest BCUT2D eigenvalue weighted by atomic mass is 32.2. The maximum Gasteiger partial charge on any atom is 0.272 e. The van der Waals surface area contributed by atoms with Gasteiger partial charge >= 0.3 is 0 Å². The van der Waals surface area contributed by atoms with Crippen LogP contribution in [0.2, 0.25) is 0 Å². The predicted octanol–water partition coefficient (Wildman–Crippen LogP) is 2.12. The molecule has 2 heterocycles. The molecule has 4 rings (SSSR count). The van der Waals surface area contributed by atoms with Crippen LogP contribution in [0, 0.1) is 13.8 Å². The fourth-order valence-corrected chi connectivity index (χ4v) is 5.22. The Morgan fingerprint density at radius 3 is 2.42 bits per heavy atom. The molecule has 0 fully saturated rings. The molecule has 200 valence electrons. The van der Waals surface area contributed by atoms with E-state index in [-0.39, 0.29) is 18.0 Å². The number of nitrogens with zero attached hydrogens (tertiary/aromatic N) is 5. The Kier molecular flexibility index (Phi) is 8.05. The van der Waals surface area contributed by atoms with Gasteiger partial charge in [0.05, 0.1) is 11.4 Å². The lowest BCUT2D eigenvalue weighted by Crippen LogP contribution is -2.56. The van der Waals surface area contributed by atoms with Crippen LogP contribution in [-0.2, 0) is 20.9 Å². The maximum atomic E-state index is 13.8. The van der Waals surface area contributed by atoms with Crippen molar-refractivity contribution < 1.29 is 22.9 Å². The lowest BCUT2D eigenvalue weighted by atomic mass is 10.0. The summed E-state index contributed by atoms with van der Waals surface area (Å²) in [5.41, 5.74) is 3.30. The predicted molar refractivity (Wildman–Crippen MR) is 145 cm³/mol. The zero-order valence-electron chi connectivity index (χ0n) is 21.8. The standard InChI is InChI=1S/C26H30N6O5S/c1-16-23(17(2)37-29-16)32(38(35)36)21(15-30(3)4)25(33)28-24-26(34)31(5)20-14-10-9-13-19(20)22(27-24)18-11-7-6-8-12-18/h6-14,21,24H,15H2,1-5H3,(H,28,33)(H,35,36). The third-order valence-electron chi connectivity index (χ3n) is 6.18. The van der Waals surface area contributed by atoms with Gasteiger partial charge in [0.2, 0.25) is 12.1 Å². The highest BCUT2D eigenvalue weighted by Gasteiger charge is 2.38. The number of benzodiazepines with no additional fused rings is 1. The molecule has 2 amide bonds. The van der Waals surface area contributed by atoms with Crippen molar-refractivity contribution in [2.75, 3.05) is 36.9 Å². The van der Waals surface area contributed by atoms with Gasteiger partial charge in [-0.25, -0.2) is 13.5 Å². The van der Waals surface area contributed by atoms with Crippen molar-refractivity contribution in [1.82, 2.24) is 15.4 Å². The number of carbonyl (C=O) groups excluding carboxylic acids is 2. The number of rotatable bonds is 8. The number of para-hydroxylation sites is 1. The monoisotopic (exact) mass is 538 g/mol. The average molecular weight is 539 g/mol. The smallest absolute Gasteiger partial charge is 0.272 e. The van der Waals surface area contributed by atoms with Gasteiger partial charge in [-0.3, -0.25) is 14.1 Å². The lowest BCUT2D eigenvalue weighted by Gasteiger charge is -2.31. The van der Waals surface area contributed by atoms with E-state index in [9.17, 15) is 18.4 Å². The van der Waals surface area contributed by atoms with Gasteiger partial charge in [-0.15, -0.1) is 0 Å². The van der Waals surface area contributed by atoms with Crippen LogP contribution in [0.25, 0.3) is 0 Å². The Hall–Kier alpha value is -3.87. The zero-order chi connectivity index (χ0) is 27.6. The van der Waals surface area contributed by atoms with Crippen LogP contribution in [0.3, 0.4) is 0 Å². The van der Waals surface area contributed by atoms with Gasteiger partial charge in [-0.05, 0) is 34.0 Å². The zero-order valence-corrected chi connectivity index (χ0v) is 22.6. The van der Waals surface area contributed by atoms with E-state index in [1.807, 2.05) is 54.6 Å². The SMILES string of the molecule is Cc1noc(C)c1N(C(CN(C)C)C(=O)NC1N=C(c2ccccc2)c2ccccc2N(C)C1=O)S(=O)O. The number of likely N-dealkylation sites (N-methyl/N-ethyl adjacent to an activating group) is 2. The first-order chi connectivity index (χ1) is 18.1. The molecule has 3 aromatic rings. The van der Waals surface area contributed by atoms with Crippen LogP contribution >= 0.6 is 0 Å². The molecule has 0 bridgehead atoms. The second-order valence-corrected chi connectivity index (χ2v) is 10.0. The van der Waals surface area contributed by atoms with Crippen molar-refractivity contribution in [3.63, 3.8) is 0 Å². The Bertz CT molecular complexity index is 1370. The normalized spacial score (nSPS) is 16.9. The molecule has 3 unspecified atom stereocenters. The van der Waals surface area contributed by atoms with Gasteiger partial charge < -0.3 is 19.6 Å². The number of amides is 2. The van der Waals surface area contributed by atoms with E-state index < -0.39 is 35.3 Å². The molecular formula is C26H30N6O5S. The van der Waals surface area contributed by atoms with Gasteiger partial charge in [0.15, 0.2) is 5.76 Å². The van der Waals surface area contributed by atoms with E-state index in [0.717, 1.165) is 15.4 Å². The highest BCUT2D eigenvalue weighted by molar-refractivity contribution is 7.80. The molecular weight excluding hydrogens is 508 g/mol. The third kappa shape index (κ3) is 5.37. The largest absolute Gasteiger partial charge is 0.359 e. The van der Waals surface area contributed by atoms with Crippen molar-refractivity contribution in [3.8, 4) is 0 Å². The summed E-state index contributed by atoms with van der Waals surface area (Å²) in [6.07, 6.45) is -1.28. The molecule has 12 heteroatoms. The summed E-state index contributed by atoms with van der Waals surface area (Å²) in [6.45, 7) is 3.28. The van der Waals surface area contributed by atoms with E-state index >= 15 is 0 Å². The first-order valence-electron chi connectivity index (χ1n) is 11.9. The Morgan fingerprint density at radius 1 is 1.16 bits per heavy atom. The second-order valence-electron chi connectivity index (χ2n) is 9.18. The van der Waals surface area contributed by atoms with Gasteiger partial charge in [0, 0.05) is 24.7 Å². The molecule has 2 N–H and O–H groups in total. The molecule has 0 spiro atoms. The first kappa shape index (κ1) is 27.2. The fraction of sp³-hybridized carbons (Fsp3) is 0.308. The van der Waals surface area contributed by atoms with Crippen molar-refractivity contribution in [2.45, 2.75) is 26.1 Å². The average Bonchev–Trinajstić information content (AvgIpc) is 3.17. The summed E-state index contributed by atoms with van der Waals surface area (Å²) in [7, 11) is 5.10. The lowest BCUT2D eigenvalue weighted by molar-refractivity contribution is -0.128. The van der Waals surface area contributed by atoms with Crippen LogP contribution in [0.1, 0.15) is 22.6 Å². The molecule has 11 nitrogen and oxygen atoms in total. The summed E-state index contributed by atoms with van der Waals surface area (Å²) in [4.78, 5) is 35.2. The van der Waals surface area contributed by atoms with Gasteiger partial charge in [0.25, 0.3) is 17.2 Å². The summed E-state index contributed by atoms with van der Waals surface area (Å²) in [6, 6.07) is 15.6. The molecule has 0 saturated heterocycles. The van der Waals surface area contributed by atoms with Gasteiger partial charge in [-0.2, -0.15) is 0 Å². The molecule has 0 aliphatic carbocycles. The molecule has 3 atom stereocenters. The quantitative estimate of drug-likeness (QED) is 0.420. The molecule has 2 aromatic carbocycles. The van der Waals surface area contributed by atoms with Crippen molar-refractivity contribution in [3.05, 3.63) is 77.2 Å². The molecule has 0 saturated carbocycles. The van der Waals surface area contributed by atoms with Crippen LogP contribution < -0.4 is 14.5 Å². The number of benzene rings is 2. The van der Waals surface area contributed by atoms with Gasteiger partial charge in [0.1, 0.15) is 17.4 Å². The number of aliphatic imine (C=N–C) groups is 1. The van der Waals surface area contributed by atoms with Gasteiger partial charge in [-0.1, -0.05) is 53.7 Å². The Morgan fingerprint density at radius 2 is 1.82 bits per heavy atom. The van der Waals surface area contributed by atoms with E-state index in [0.29, 0.717) is 17.1 Å². The molecule has 0 radical (unpaired) electrons. The minimum Gasteiger partial charge on any atom is -0.359 e. The van der Waals surface area contributed by atoms with E-state index in [4.69, 9.17) is 9.52 Å². The molecule has 1 aliphatic rings. The van der Waals surface area contributed by atoms with Crippen molar-refractivity contribution in [2.24, 2.45) is 4.99 Å². The number of aromatic nitrogens is 1. The van der Waals surface area contributed by atoms with Crippen LogP contribution in [0.15, 0.2) is 64.1 Å². The molecule has 1 aromatic heterocycles. The minimum absolute atomic E-state index is 0.0639. The van der Waals surface area contributed by atoms with Crippen LogP contribution in [-0.4, -0.2) is 76.2 Å². The topological polar surface area (TPSA) is 132 Å². The van der Waals surface area contributed by atoms with Crippen molar-refractivity contribution in [1.29, 1.82) is 0 Å². The number of fused-ring (bicyclic) bond motifs is 1. The summed E-state index contributed by atoms with van der Waals surface area (Å²) >= 11 is -2.60. The Labute approximate surface area is 223 Å². The van der Waals surface area contributed by atoms with E-state index in [1.165, 1.54) is 4.90 Å². The highest BCUT2D eigenvalue weighted by Crippen LogP contribution is 2.29. The Balaban J connectivity index is 1.77. The number of hydrogen-bond donors (Lipinski definition) is 2. The number of hydrogen-bond acceptors (Lipinski definition) is 7. The van der Waals surface area contributed by atoms with Crippen LogP contribution in [0.4, 0.5) is 11.4 Å². The minimum atomic E-state index is -2.60. The number of aryl methyl sites for hydroxylation is 2. The molecule has 1 aliphatic heterocycles. The van der Waals surface area contributed by atoms with E-state index in [1.54, 1.807) is 39.9 Å². The first-order valence-corrected chi connectivity index (χ1v) is 12.9.